The largest absolute Gasteiger partial charge is 0.322 e. The number of nitrogens with zero attached hydrogens (tertiary/aromatic N) is 1. The van der Waals surface area contributed by atoms with Crippen molar-refractivity contribution in [2.75, 3.05) is 11.1 Å². The molecule has 0 unspecified atom stereocenters. The van der Waals surface area contributed by atoms with Crippen molar-refractivity contribution in [3.8, 4) is 0 Å². The van der Waals surface area contributed by atoms with E-state index < -0.39 is 11.7 Å². The molecule has 1 N–H and O–H groups in total. The summed E-state index contributed by atoms with van der Waals surface area (Å²) < 4.78 is 15.8. The molecule has 166 valence electrons. The molecular weight excluding hydrogens is 435 g/mol. The number of carbonyl (C=O) groups excluding carboxylic acids is 2. The summed E-state index contributed by atoms with van der Waals surface area (Å²) in [6.07, 6.45) is 4.22. The summed E-state index contributed by atoms with van der Waals surface area (Å²) in [5.74, 6) is -0.721. The third-order valence-corrected chi connectivity index (χ3v) is 6.98. The number of hydrogen-bond donors (Lipinski definition) is 1. The molecule has 0 aliphatic heterocycles. The number of halogens is 1. The number of thioether (sulfide) groups is 1. The van der Waals surface area contributed by atoms with Crippen molar-refractivity contribution >= 4 is 40.2 Å². The Hall–Kier alpha value is -3.38. The molecule has 0 bridgehead atoms. The molecule has 33 heavy (non-hydrogen) atoms. The molecule has 0 spiro atoms. The second kappa shape index (κ2) is 9.24. The van der Waals surface area contributed by atoms with Crippen LogP contribution in [0.15, 0.2) is 77.7 Å². The topological polar surface area (TPSA) is 51.1 Å². The SMILES string of the molecule is O=C(Nc1cccc(SCC(=O)n2c3c(c4ccccc42)CCCC3)c1)c1ccccc1F. The van der Waals surface area contributed by atoms with Crippen LogP contribution in [0.25, 0.3) is 10.9 Å². The van der Waals surface area contributed by atoms with Gasteiger partial charge >= 0.3 is 0 Å². The first-order valence-corrected chi connectivity index (χ1v) is 12.0. The predicted molar refractivity (Wildman–Crippen MR) is 131 cm³/mol. The predicted octanol–water partition coefficient (Wildman–Crippen LogP) is 6.34. The molecule has 0 saturated heterocycles. The monoisotopic (exact) mass is 458 g/mol. The van der Waals surface area contributed by atoms with Crippen molar-refractivity contribution in [2.45, 2.75) is 30.6 Å². The second-order valence-electron chi connectivity index (χ2n) is 8.13. The van der Waals surface area contributed by atoms with Crippen LogP contribution in [0.2, 0.25) is 0 Å². The Bertz CT molecular complexity index is 1360. The van der Waals surface area contributed by atoms with Crippen LogP contribution in [-0.2, 0) is 12.8 Å². The number of amides is 1. The molecule has 1 aliphatic carbocycles. The van der Waals surface area contributed by atoms with E-state index in [1.165, 1.54) is 34.8 Å². The number of rotatable bonds is 5. The van der Waals surface area contributed by atoms with Crippen LogP contribution >= 0.6 is 11.8 Å². The molecule has 0 radical (unpaired) electrons. The van der Waals surface area contributed by atoms with Gasteiger partial charge in [-0.05, 0) is 67.6 Å². The molecule has 1 amide bonds. The number of fused-ring (bicyclic) bond motifs is 3. The maximum absolute atomic E-state index is 13.9. The molecular formula is C27H23FN2O2S. The minimum absolute atomic E-state index is 0.00464. The lowest BCUT2D eigenvalue weighted by molar-refractivity contribution is 0.0942. The maximum Gasteiger partial charge on any atom is 0.258 e. The van der Waals surface area contributed by atoms with Crippen LogP contribution in [0.3, 0.4) is 0 Å². The van der Waals surface area contributed by atoms with Crippen LogP contribution in [0.5, 0.6) is 0 Å². The molecule has 3 aromatic carbocycles. The molecule has 1 aliphatic rings. The van der Waals surface area contributed by atoms with E-state index in [4.69, 9.17) is 0 Å². The molecule has 0 saturated carbocycles. The third-order valence-electron chi connectivity index (χ3n) is 6.00. The quantitative estimate of drug-likeness (QED) is 0.355. The maximum atomic E-state index is 13.9. The third kappa shape index (κ3) is 4.31. The smallest absolute Gasteiger partial charge is 0.258 e. The van der Waals surface area contributed by atoms with E-state index in [2.05, 4.69) is 11.4 Å². The number of aryl methyl sites for hydroxylation is 1. The zero-order chi connectivity index (χ0) is 22.8. The van der Waals surface area contributed by atoms with E-state index in [-0.39, 0.29) is 17.2 Å². The molecule has 0 atom stereocenters. The zero-order valence-corrected chi connectivity index (χ0v) is 18.8. The van der Waals surface area contributed by atoms with Crippen molar-refractivity contribution < 1.29 is 14.0 Å². The van der Waals surface area contributed by atoms with E-state index >= 15 is 0 Å². The number of aromatic nitrogens is 1. The van der Waals surface area contributed by atoms with Crippen molar-refractivity contribution in [3.05, 3.63) is 95.4 Å². The summed E-state index contributed by atoms with van der Waals surface area (Å²) in [7, 11) is 0. The molecule has 1 heterocycles. The molecule has 1 aromatic heterocycles. The number of hydrogen-bond acceptors (Lipinski definition) is 3. The molecule has 4 nitrogen and oxygen atoms in total. The summed E-state index contributed by atoms with van der Waals surface area (Å²) in [5.41, 5.74) is 4.01. The van der Waals surface area contributed by atoms with Crippen LogP contribution in [-0.4, -0.2) is 22.1 Å². The van der Waals surface area contributed by atoms with Gasteiger partial charge in [0, 0.05) is 21.7 Å². The number of anilines is 1. The van der Waals surface area contributed by atoms with Gasteiger partial charge in [-0.2, -0.15) is 0 Å². The van der Waals surface area contributed by atoms with Crippen LogP contribution < -0.4 is 5.32 Å². The first-order chi connectivity index (χ1) is 16.1. The van der Waals surface area contributed by atoms with Crippen LogP contribution in [0.4, 0.5) is 10.1 Å². The lowest BCUT2D eigenvalue weighted by Gasteiger charge is -2.15. The fourth-order valence-corrected chi connectivity index (χ4v) is 5.30. The highest BCUT2D eigenvalue weighted by molar-refractivity contribution is 8.00. The van der Waals surface area contributed by atoms with Gasteiger partial charge in [0.25, 0.3) is 5.91 Å². The van der Waals surface area contributed by atoms with Crippen molar-refractivity contribution in [1.82, 2.24) is 4.57 Å². The highest BCUT2D eigenvalue weighted by Crippen LogP contribution is 2.33. The van der Waals surface area contributed by atoms with Gasteiger partial charge in [0.15, 0.2) is 0 Å². The van der Waals surface area contributed by atoms with E-state index in [1.54, 1.807) is 24.3 Å². The Kier molecular flexibility index (Phi) is 6.01. The normalized spacial score (nSPS) is 13.0. The van der Waals surface area contributed by atoms with Crippen LogP contribution in [0.1, 0.15) is 39.3 Å². The number of benzene rings is 3. The first-order valence-electron chi connectivity index (χ1n) is 11.0. The molecule has 6 heteroatoms. The highest BCUT2D eigenvalue weighted by atomic mass is 32.2. The lowest BCUT2D eigenvalue weighted by atomic mass is 9.96. The second-order valence-corrected chi connectivity index (χ2v) is 9.18. The first kappa shape index (κ1) is 21.5. The highest BCUT2D eigenvalue weighted by Gasteiger charge is 2.23. The Balaban J connectivity index is 1.32. The van der Waals surface area contributed by atoms with Gasteiger partial charge in [0.2, 0.25) is 5.91 Å². The van der Waals surface area contributed by atoms with Gasteiger partial charge in [-0.25, -0.2) is 4.39 Å². The summed E-state index contributed by atoms with van der Waals surface area (Å²) in [6, 6.07) is 21.3. The minimum Gasteiger partial charge on any atom is -0.322 e. The Morgan fingerprint density at radius 2 is 1.73 bits per heavy atom. The number of carbonyl (C=O) groups is 2. The van der Waals surface area contributed by atoms with Crippen molar-refractivity contribution in [1.29, 1.82) is 0 Å². The standard InChI is InChI=1S/C27H23FN2O2S/c28-23-13-4-1-12-22(23)27(32)29-18-8-7-9-19(16-18)33-17-26(31)30-24-14-5-2-10-20(24)21-11-3-6-15-25(21)30/h1-2,4-5,7-10,12-14,16H,3,6,11,15,17H2,(H,29,32). The average Bonchev–Trinajstić information content (AvgIpc) is 3.18. The van der Waals surface area contributed by atoms with Gasteiger partial charge in [-0.1, -0.05) is 36.4 Å². The summed E-state index contributed by atoms with van der Waals surface area (Å²) in [5, 5.41) is 3.92. The van der Waals surface area contributed by atoms with E-state index in [1.807, 2.05) is 34.9 Å². The van der Waals surface area contributed by atoms with Gasteiger partial charge in [0.1, 0.15) is 5.82 Å². The summed E-state index contributed by atoms with van der Waals surface area (Å²) in [6.45, 7) is 0. The Morgan fingerprint density at radius 3 is 2.61 bits per heavy atom. The molecule has 4 aromatic rings. The fraction of sp³-hybridized carbons (Fsp3) is 0.185. The van der Waals surface area contributed by atoms with Gasteiger partial charge < -0.3 is 5.32 Å². The zero-order valence-electron chi connectivity index (χ0n) is 18.0. The van der Waals surface area contributed by atoms with Gasteiger partial charge in [0.05, 0.1) is 16.8 Å². The van der Waals surface area contributed by atoms with Crippen molar-refractivity contribution in [2.24, 2.45) is 0 Å². The fourth-order valence-electron chi connectivity index (χ4n) is 4.50. The number of nitrogens with one attached hydrogen (secondary N) is 1. The van der Waals surface area contributed by atoms with E-state index in [0.29, 0.717) is 5.69 Å². The van der Waals surface area contributed by atoms with Crippen molar-refractivity contribution in [3.63, 3.8) is 0 Å². The van der Waals surface area contributed by atoms with E-state index in [9.17, 15) is 14.0 Å². The molecule has 5 rings (SSSR count). The molecule has 0 fully saturated rings. The van der Waals surface area contributed by atoms with Gasteiger partial charge in [-0.15, -0.1) is 11.8 Å². The number of para-hydroxylation sites is 1. The Labute approximate surface area is 195 Å². The summed E-state index contributed by atoms with van der Waals surface area (Å²) in [4.78, 5) is 26.6. The Morgan fingerprint density at radius 1 is 0.939 bits per heavy atom. The average molecular weight is 459 g/mol. The van der Waals surface area contributed by atoms with Gasteiger partial charge in [-0.3, -0.25) is 14.2 Å². The lowest BCUT2D eigenvalue weighted by Crippen LogP contribution is -2.18. The van der Waals surface area contributed by atoms with E-state index in [0.717, 1.165) is 41.8 Å². The minimum atomic E-state index is -0.562. The summed E-state index contributed by atoms with van der Waals surface area (Å²) >= 11 is 1.43. The van der Waals surface area contributed by atoms with Crippen LogP contribution in [0, 0.1) is 5.82 Å².